The number of benzene rings is 3. The third kappa shape index (κ3) is 5.69. The average molecular weight is 468 g/mol. The second-order valence-electron chi connectivity index (χ2n) is 6.87. The van der Waals surface area contributed by atoms with Gasteiger partial charge in [0.25, 0.3) is 15.9 Å². The van der Waals surface area contributed by atoms with E-state index in [1.807, 2.05) is 6.92 Å². The SMILES string of the molecule is CCOc1cc(C=NNC(=O)c2ccc(N(C)S(=O)(=O)c3ccccc3)cc2)ccc1OC. The maximum absolute atomic E-state index is 12.7. The molecule has 0 spiro atoms. The summed E-state index contributed by atoms with van der Waals surface area (Å²) in [5.74, 6) is 0.766. The molecule has 9 heteroatoms. The van der Waals surface area contributed by atoms with Gasteiger partial charge in [0.05, 0.1) is 30.5 Å². The van der Waals surface area contributed by atoms with Gasteiger partial charge in [-0.25, -0.2) is 13.8 Å². The molecule has 0 radical (unpaired) electrons. The van der Waals surface area contributed by atoms with E-state index in [9.17, 15) is 13.2 Å². The zero-order valence-electron chi connectivity index (χ0n) is 18.6. The Morgan fingerprint density at radius 2 is 1.73 bits per heavy atom. The molecule has 1 amide bonds. The summed E-state index contributed by atoms with van der Waals surface area (Å²) in [5, 5.41) is 3.98. The zero-order valence-corrected chi connectivity index (χ0v) is 19.4. The van der Waals surface area contributed by atoms with Crippen molar-refractivity contribution in [2.45, 2.75) is 11.8 Å². The average Bonchev–Trinajstić information content (AvgIpc) is 2.84. The molecule has 0 atom stereocenters. The van der Waals surface area contributed by atoms with E-state index in [1.165, 1.54) is 41.8 Å². The van der Waals surface area contributed by atoms with Crippen LogP contribution in [0.5, 0.6) is 11.5 Å². The number of methoxy groups -OCH3 is 1. The molecule has 0 heterocycles. The van der Waals surface area contributed by atoms with Crippen LogP contribution in [0.3, 0.4) is 0 Å². The normalized spacial score (nSPS) is 11.2. The summed E-state index contributed by atoms with van der Waals surface area (Å²) >= 11 is 0. The van der Waals surface area contributed by atoms with Crippen molar-refractivity contribution >= 4 is 27.8 Å². The number of carbonyl (C=O) groups is 1. The number of ether oxygens (including phenoxy) is 2. The number of anilines is 1. The number of rotatable bonds is 9. The molecule has 0 aromatic heterocycles. The molecule has 0 aliphatic rings. The van der Waals surface area contributed by atoms with Crippen LogP contribution in [0.1, 0.15) is 22.8 Å². The summed E-state index contributed by atoms with van der Waals surface area (Å²) in [4.78, 5) is 12.6. The fraction of sp³-hybridized carbons (Fsp3) is 0.167. The fourth-order valence-electron chi connectivity index (χ4n) is 2.98. The number of sulfonamides is 1. The molecule has 1 N–H and O–H groups in total. The van der Waals surface area contributed by atoms with Crippen molar-refractivity contribution in [3.05, 3.63) is 83.9 Å². The molecule has 0 aliphatic carbocycles. The van der Waals surface area contributed by atoms with E-state index >= 15 is 0 Å². The first-order valence-electron chi connectivity index (χ1n) is 10.1. The molecule has 172 valence electrons. The number of hydrazone groups is 1. The van der Waals surface area contributed by atoms with Gasteiger partial charge in [0, 0.05) is 12.6 Å². The maximum Gasteiger partial charge on any atom is 0.271 e. The Balaban J connectivity index is 1.67. The topological polar surface area (TPSA) is 97.3 Å². The molecule has 0 unspecified atom stereocenters. The van der Waals surface area contributed by atoms with E-state index in [0.29, 0.717) is 29.4 Å². The number of carbonyl (C=O) groups excluding carboxylic acids is 1. The van der Waals surface area contributed by atoms with Crippen LogP contribution >= 0.6 is 0 Å². The Labute approximate surface area is 193 Å². The molecule has 3 aromatic carbocycles. The standard InChI is InChI=1S/C24H25N3O5S/c1-4-32-23-16-18(10-15-22(23)31-3)17-25-26-24(28)19-11-13-20(14-12-19)27(2)33(29,30)21-8-6-5-7-9-21/h5-17H,4H2,1-3H3,(H,26,28). The predicted octanol–water partition coefficient (Wildman–Crippen LogP) is 3.68. The third-order valence-corrected chi connectivity index (χ3v) is 6.56. The smallest absolute Gasteiger partial charge is 0.271 e. The van der Waals surface area contributed by atoms with Crippen LogP contribution in [0.2, 0.25) is 0 Å². The summed E-state index contributed by atoms with van der Waals surface area (Å²) in [5.41, 5.74) is 3.95. The Morgan fingerprint density at radius 3 is 2.36 bits per heavy atom. The highest BCUT2D eigenvalue weighted by molar-refractivity contribution is 7.92. The molecule has 8 nitrogen and oxygen atoms in total. The first-order valence-corrected chi connectivity index (χ1v) is 11.6. The Hall–Kier alpha value is -3.85. The molecule has 0 aliphatic heterocycles. The molecule has 3 rings (SSSR count). The van der Waals surface area contributed by atoms with Crippen molar-refractivity contribution in [3.63, 3.8) is 0 Å². The van der Waals surface area contributed by atoms with Gasteiger partial charge in [-0.15, -0.1) is 0 Å². The Bertz CT molecular complexity index is 1230. The summed E-state index contributed by atoms with van der Waals surface area (Å²) < 4.78 is 37.4. The van der Waals surface area contributed by atoms with Gasteiger partial charge in [0.2, 0.25) is 0 Å². The van der Waals surface area contributed by atoms with E-state index in [0.717, 1.165) is 5.56 Å². The van der Waals surface area contributed by atoms with E-state index in [1.54, 1.807) is 55.6 Å². The van der Waals surface area contributed by atoms with Crippen molar-refractivity contribution in [3.8, 4) is 11.5 Å². The predicted molar refractivity (Wildman–Crippen MR) is 128 cm³/mol. The Kier molecular flexibility index (Phi) is 7.68. The van der Waals surface area contributed by atoms with Crippen LogP contribution in [0.25, 0.3) is 0 Å². The van der Waals surface area contributed by atoms with Gasteiger partial charge in [0.1, 0.15) is 0 Å². The largest absolute Gasteiger partial charge is 0.493 e. The first kappa shape index (κ1) is 23.8. The van der Waals surface area contributed by atoms with Crippen molar-refractivity contribution < 1.29 is 22.7 Å². The second-order valence-corrected chi connectivity index (χ2v) is 8.84. The molecule has 0 saturated heterocycles. The number of hydrogen-bond acceptors (Lipinski definition) is 6. The minimum Gasteiger partial charge on any atom is -0.493 e. The van der Waals surface area contributed by atoms with Gasteiger partial charge in [-0.3, -0.25) is 9.10 Å². The van der Waals surface area contributed by atoms with Gasteiger partial charge >= 0.3 is 0 Å². The van der Waals surface area contributed by atoms with Crippen molar-refractivity contribution in [2.75, 3.05) is 25.1 Å². The monoisotopic (exact) mass is 467 g/mol. The fourth-order valence-corrected chi connectivity index (χ4v) is 4.20. The number of nitrogens with zero attached hydrogens (tertiary/aromatic N) is 2. The van der Waals surface area contributed by atoms with Crippen molar-refractivity contribution in [1.29, 1.82) is 0 Å². The van der Waals surface area contributed by atoms with E-state index in [-0.39, 0.29) is 4.90 Å². The molecular formula is C24H25N3O5S. The summed E-state index contributed by atoms with van der Waals surface area (Å²) in [6.45, 7) is 2.37. The first-order chi connectivity index (χ1) is 15.9. The van der Waals surface area contributed by atoms with Crippen LogP contribution in [0, 0.1) is 0 Å². The van der Waals surface area contributed by atoms with Crippen LogP contribution in [-0.2, 0) is 10.0 Å². The molecule has 0 fully saturated rings. The molecular weight excluding hydrogens is 442 g/mol. The van der Waals surface area contributed by atoms with Crippen molar-refractivity contribution in [2.24, 2.45) is 5.10 Å². The quantitative estimate of drug-likeness (QED) is 0.382. The van der Waals surface area contributed by atoms with Gasteiger partial charge in [0.15, 0.2) is 11.5 Å². The lowest BCUT2D eigenvalue weighted by molar-refractivity contribution is 0.0955. The third-order valence-electron chi connectivity index (χ3n) is 4.76. The van der Waals surface area contributed by atoms with Crippen LogP contribution in [0.15, 0.2) is 82.8 Å². The molecule has 0 bridgehead atoms. The highest BCUT2D eigenvalue weighted by Crippen LogP contribution is 2.27. The highest BCUT2D eigenvalue weighted by atomic mass is 32.2. The highest BCUT2D eigenvalue weighted by Gasteiger charge is 2.21. The minimum absolute atomic E-state index is 0.190. The Morgan fingerprint density at radius 1 is 1.03 bits per heavy atom. The summed E-state index contributed by atoms with van der Waals surface area (Å²) in [6.07, 6.45) is 1.49. The number of amides is 1. The molecule has 33 heavy (non-hydrogen) atoms. The summed E-state index contributed by atoms with van der Waals surface area (Å²) in [6, 6.07) is 19.7. The number of nitrogens with one attached hydrogen (secondary N) is 1. The second kappa shape index (κ2) is 10.6. The molecule has 0 saturated carbocycles. The zero-order chi connectivity index (χ0) is 23.8. The molecule has 3 aromatic rings. The number of hydrogen-bond donors (Lipinski definition) is 1. The summed E-state index contributed by atoms with van der Waals surface area (Å²) in [7, 11) is -0.666. The van der Waals surface area contributed by atoms with Crippen molar-refractivity contribution in [1.82, 2.24) is 5.43 Å². The minimum atomic E-state index is -3.69. The lowest BCUT2D eigenvalue weighted by Crippen LogP contribution is -2.26. The van der Waals surface area contributed by atoms with Gasteiger partial charge in [-0.05, 0) is 67.1 Å². The van der Waals surface area contributed by atoms with E-state index in [4.69, 9.17) is 9.47 Å². The lowest BCUT2D eigenvalue weighted by atomic mass is 10.2. The maximum atomic E-state index is 12.7. The van der Waals surface area contributed by atoms with Gasteiger partial charge in [-0.2, -0.15) is 5.10 Å². The van der Waals surface area contributed by atoms with Crippen LogP contribution in [-0.4, -0.2) is 41.3 Å². The van der Waals surface area contributed by atoms with Gasteiger partial charge < -0.3 is 9.47 Å². The van der Waals surface area contributed by atoms with Gasteiger partial charge in [-0.1, -0.05) is 18.2 Å². The van der Waals surface area contributed by atoms with Crippen LogP contribution < -0.4 is 19.2 Å². The van der Waals surface area contributed by atoms with E-state index < -0.39 is 15.9 Å². The lowest BCUT2D eigenvalue weighted by Gasteiger charge is -2.19. The van der Waals surface area contributed by atoms with E-state index in [2.05, 4.69) is 10.5 Å². The van der Waals surface area contributed by atoms with Crippen LogP contribution in [0.4, 0.5) is 5.69 Å².